The zero-order valence-corrected chi connectivity index (χ0v) is 8.61. The summed E-state index contributed by atoms with van der Waals surface area (Å²) in [5.74, 6) is -0.778. The minimum atomic E-state index is -1.23. The second-order valence-electron chi connectivity index (χ2n) is 3.64. The van der Waals surface area contributed by atoms with E-state index in [0.29, 0.717) is 0 Å². The van der Waals surface area contributed by atoms with Crippen LogP contribution in [0.15, 0.2) is 0 Å². The predicted molar refractivity (Wildman–Crippen MR) is 53.9 cm³/mol. The Balaban J connectivity index is 2.14. The number of aliphatic hydroxyl groups is 1. The summed E-state index contributed by atoms with van der Waals surface area (Å²) in [6.45, 7) is 1.77. The van der Waals surface area contributed by atoms with Gasteiger partial charge in [0.25, 0.3) is 0 Å². The molecule has 0 aromatic rings. The van der Waals surface area contributed by atoms with Crippen molar-refractivity contribution in [1.29, 1.82) is 0 Å². The maximum absolute atomic E-state index is 11.5. The van der Waals surface area contributed by atoms with Gasteiger partial charge in [0.2, 0.25) is 11.8 Å². The van der Waals surface area contributed by atoms with Gasteiger partial charge in [-0.15, -0.1) is 0 Å². The number of rotatable bonds is 5. The van der Waals surface area contributed by atoms with Gasteiger partial charge in [-0.1, -0.05) is 0 Å². The van der Waals surface area contributed by atoms with Crippen LogP contribution in [0, 0.1) is 0 Å². The van der Waals surface area contributed by atoms with Gasteiger partial charge in [-0.3, -0.25) is 9.59 Å². The number of likely N-dealkylation sites (tertiary alicyclic amines) is 1. The van der Waals surface area contributed by atoms with E-state index >= 15 is 0 Å². The molecular formula is C9H17N3O3. The first-order valence-corrected chi connectivity index (χ1v) is 5.07. The van der Waals surface area contributed by atoms with Crippen molar-refractivity contribution in [3.05, 3.63) is 0 Å². The van der Waals surface area contributed by atoms with Crippen molar-refractivity contribution in [3.63, 3.8) is 0 Å². The summed E-state index contributed by atoms with van der Waals surface area (Å²) >= 11 is 0. The van der Waals surface area contributed by atoms with E-state index in [1.165, 1.54) is 0 Å². The largest absolute Gasteiger partial charge is 0.382 e. The van der Waals surface area contributed by atoms with E-state index in [9.17, 15) is 9.59 Å². The molecule has 1 rings (SSSR count). The Hall–Kier alpha value is -1.14. The first-order valence-electron chi connectivity index (χ1n) is 5.07. The SMILES string of the molecule is NC(=O)C(O)CNCC(=O)N1CCCC1. The Morgan fingerprint density at radius 1 is 1.40 bits per heavy atom. The molecule has 86 valence electrons. The molecule has 1 heterocycles. The predicted octanol–water partition coefficient (Wildman–Crippen LogP) is -1.96. The van der Waals surface area contributed by atoms with E-state index in [2.05, 4.69) is 5.32 Å². The number of primary amides is 1. The number of hydrogen-bond acceptors (Lipinski definition) is 4. The van der Waals surface area contributed by atoms with Crippen molar-refractivity contribution >= 4 is 11.8 Å². The lowest BCUT2D eigenvalue weighted by molar-refractivity contribution is -0.130. The summed E-state index contributed by atoms with van der Waals surface area (Å²) in [5, 5.41) is 11.7. The fourth-order valence-electron chi connectivity index (χ4n) is 1.49. The average molecular weight is 215 g/mol. The minimum absolute atomic E-state index is 0.00386. The topological polar surface area (TPSA) is 95.7 Å². The van der Waals surface area contributed by atoms with Crippen LogP contribution in [-0.4, -0.2) is 54.1 Å². The van der Waals surface area contributed by atoms with Gasteiger partial charge in [-0.25, -0.2) is 0 Å². The zero-order valence-electron chi connectivity index (χ0n) is 8.61. The van der Waals surface area contributed by atoms with Crippen LogP contribution in [0.4, 0.5) is 0 Å². The van der Waals surface area contributed by atoms with E-state index in [1.807, 2.05) is 0 Å². The molecule has 0 radical (unpaired) electrons. The van der Waals surface area contributed by atoms with Gasteiger partial charge < -0.3 is 21.1 Å². The molecule has 1 aliphatic rings. The van der Waals surface area contributed by atoms with Crippen LogP contribution in [0.1, 0.15) is 12.8 Å². The summed E-state index contributed by atoms with van der Waals surface area (Å²) < 4.78 is 0. The number of carbonyl (C=O) groups is 2. The van der Waals surface area contributed by atoms with Gasteiger partial charge in [0.1, 0.15) is 6.10 Å². The molecule has 0 spiro atoms. The molecule has 6 nitrogen and oxygen atoms in total. The fraction of sp³-hybridized carbons (Fsp3) is 0.778. The fourth-order valence-corrected chi connectivity index (χ4v) is 1.49. The third kappa shape index (κ3) is 3.85. The van der Waals surface area contributed by atoms with Gasteiger partial charge >= 0.3 is 0 Å². The number of nitrogens with two attached hydrogens (primary N) is 1. The molecule has 0 bridgehead atoms. The van der Waals surface area contributed by atoms with E-state index in [0.717, 1.165) is 25.9 Å². The van der Waals surface area contributed by atoms with Gasteiger partial charge in [0, 0.05) is 19.6 Å². The highest BCUT2D eigenvalue weighted by Gasteiger charge is 2.18. The highest BCUT2D eigenvalue weighted by atomic mass is 16.3. The monoisotopic (exact) mass is 215 g/mol. The molecular weight excluding hydrogens is 198 g/mol. The molecule has 1 atom stereocenters. The molecule has 1 unspecified atom stereocenters. The first kappa shape index (κ1) is 11.9. The Morgan fingerprint density at radius 3 is 2.53 bits per heavy atom. The van der Waals surface area contributed by atoms with Crippen molar-refractivity contribution < 1.29 is 14.7 Å². The molecule has 0 aromatic carbocycles. The van der Waals surface area contributed by atoms with Crippen molar-refractivity contribution in [2.45, 2.75) is 18.9 Å². The molecule has 6 heteroatoms. The summed E-state index contributed by atoms with van der Waals surface area (Å²) in [4.78, 5) is 23.7. The lowest BCUT2D eigenvalue weighted by Crippen LogP contribution is -2.42. The maximum atomic E-state index is 11.5. The Bertz CT molecular complexity index is 239. The number of nitrogens with one attached hydrogen (secondary N) is 1. The van der Waals surface area contributed by atoms with Crippen LogP contribution >= 0.6 is 0 Å². The Labute approximate surface area is 88.4 Å². The van der Waals surface area contributed by atoms with Crippen LogP contribution in [0.5, 0.6) is 0 Å². The van der Waals surface area contributed by atoms with Crippen LogP contribution in [-0.2, 0) is 9.59 Å². The molecule has 0 saturated carbocycles. The molecule has 1 fully saturated rings. The van der Waals surface area contributed by atoms with Crippen LogP contribution in [0.3, 0.4) is 0 Å². The van der Waals surface area contributed by atoms with Crippen molar-refractivity contribution in [2.75, 3.05) is 26.2 Å². The van der Waals surface area contributed by atoms with Gasteiger partial charge in [-0.05, 0) is 12.8 Å². The summed E-state index contributed by atoms with van der Waals surface area (Å²) in [6, 6.07) is 0. The van der Waals surface area contributed by atoms with Gasteiger partial charge in [0.05, 0.1) is 6.54 Å². The Morgan fingerprint density at radius 2 is 2.00 bits per heavy atom. The van der Waals surface area contributed by atoms with E-state index < -0.39 is 12.0 Å². The smallest absolute Gasteiger partial charge is 0.247 e. The highest BCUT2D eigenvalue weighted by Crippen LogP contribution is 2.06. The third-order valence-electron chi connectivity index (χ3n) is 2.40. The standard InChI is InChI=1S/C9H17N3O3/c10-9(15)7(13)5-11-6-8(14)12-3-1-2-4-12/h7,11,13H,1-6H2,(H2,10,15). The molecule has 0 aliphatic carbocycles. The van der Waals surface area contributed by atoms with Crippen LogP contribution in [0.25, 0.3) is 0 Å². The molecule has 4 N–H and O–H groups in total. The number of amides is 2. The molecule has 15 heavy (non-hydrogen) atoms. The average Bonchev–Trinajstić information content (AvgIpc) is 2.70. The summed E-state index contributed by atoms with van der Waals surface area (Å²) in [7, 11) is 0. The summed E-state index contributed by atoms with van der Waals surface area (Å²) in [6.07, 6.45) is 0.877. The molecule has 1 saturated heterocycles. The number of carbonyl (C=O) groups excluding carboxylic acids is 2. The molecule has 1 aliphatic heterocycles. The quantitative estimate of drug-likeness (QED) is 0.496. The van der Waals surface area contributed by atoms with Crippen molar-refractivity contribution in [2.24, 2.45) is 5.73 Å². The lowest BCUT2D eigenvalue weighted by Gasteiger charge is -2.16. The second kappa shape index (κ2) is 5.67. The second-order valence-corrected chi connectivity index (χ2v) is 3.64. The minimum Gasteiger partial charge on any atom is -0.382 e. The highest BCUT2D eigenvalue weighted by molar-refractivity contribution is 5.80. The Kier molecular flexibility index (Phi) is 4.51. The number of hydrogen-bond donors (Lipinski definition) is 3. The number of aliphatic hydroxyl groups excluding tert-OH is 1. The van der Waals surface area contributed by atoms with Gasteiger partial charge in [-0.2, -0.15) is 0 Å². The van der Waals surface area contributed by atoms with E-state index in [-0.39, 0.29) is 19.0 Å². The third-order valence-corrected chi connectivity index (χ3v) is 2.40. The zero-order chi connectivity index (χ0) is 11.3. The molecule has 0 aromatic heterocycles. The van der Waals surface area contributed by atoms with Gasteiger partial charge in [0.15, 0.2) is 0 Å². The molecule has 2 amide bonds. The summed E-state index contributed by atoms with van der Waals surface area (Å²) in [5.41, 5.74) is 4.85. The van der Waals surface area contributed by atoms with Crippen molar-refractivity contribution in [1.82, 2.24) is 10.2 Å². The van der Waals surface area contributed by atoms with Crippen LogP contribution < -0.4 is 11.1 Å². The van der Waals surface area contributed by atoms with Crippen LogP contribution in [0.2, 0.25) is 0 Å². The maximum Gasteiger partial charge on any atom is 0.247 e. The normalized spacial score (nSPS) is 17.8. The van der Waals surface area contributed by atoms with E-state index in [4.69, 9.17) is 10.8 Å². The lowest BCUT2D eigenvalue weighted by atomic mass is 10.3. The number of nitrogens with zero attached hydrogens (tertiary/aromatic N) is 1. The van der Waals surface area contributed by atoms with Crippen molar-refractivity contribution in [3.8, 4) is 0 Å². The van der Waals surface area contributed by atoms with E-state index in [1.54, 1.807) is 4.90 Å². The first-order chi connectivity index (χ1) is 7.11.